The molecule has 0 radical (unpaired) electrons. The van der Waals surface area contributed by atoms with E-state index in [1.54, 1.807) is 0 Å². The molecule has 1 fully saturated rings. The van der Waals surface area contributed by atoms with Crippen molar-refractivity contribution in [2.24, 2.45) is 0 Å². The number of nitrogens with zero attached hydrogens (tertiary/aromatic N) is 1. The smallest absolute Gasteiger partial charge is 0.123 e. The fraction of sp³-hybridized carbons (Fsp3) is 0.538. The van der Waals surface area contributed by atoms with Gasteiger partial charge in [-0.25, -0.2) is 0 Å². The summed E-state index contributed by atoms with van der Waals surface area (Å²) in [5, 5.41) is 3.22. The lowest BCUT2D eigenvalue weighted by Gasteiger charge is -2.28. The molecule has 3 heteroatoms. The maximum absolute atomic E-state index is 5.86. The van der Waals surface area contributed by atoms with E-state index < -0.39 is 0 Å². The molecule has 0 atom stereocenters. The van der Waals surface area contributed by atoms with Crippen LogP contribution in [0.5, 0.6) is 5.75 Å². The van der Waals surface area contributed by atoms with E-state index in [1.165, 1.54) is 11.3 Å². The molecule has 1 aromatic carbocycles. The Balaban J connectivity index is 1.77. The van der Waals surface area contributed by atoms with Gasteiger partial charge >= 0.3 is 0 Å². The van der Waals surface area contributed by atoms with Gasteiger partial charge in [-0.3, -0.25) is 0 Å². The first kappa shape index (κ1) is 9.97. The fourth-order valence-electron chi connectivity index (χ4n) is 2.39. The normalized spacial score (nSPS) is 19.4. The number of hydrogen-bond donors (Lipinski definition) is 1. The second-order valence-electron chi connectivity index (χ2n) is 4.52. The van der Waals surface area contributed by atoms with Crippen molar-refractivity contribution in [2.45, 2.75) is 19.4 Å². The van der Waals surface area contributed by atoms with Crippen LogP contribution in [0.2, 0.25) is 0 Å². The molecule has 0 saturated carbocycles. The van der Waals surface area contributed by atoms with Gasteiger partial charge in [-0.2, -0.15) is 0 Å². The van der Waals surface area contributed by atoms with Crippen molar-refractivity contribution in [3.8, 4) is 5.75 Å². The van der Waals surface area contributed by atoms with E-state index in [2.05, 4.69) is 35.3 Å². The van der Waals surface area contributed by atoms with Gasteiger partial charge in [-0.05, 0) is 37.1 Å². The summed E-state index contributed by atoms with van der Waals surface area (Å²) in [5.41, 5.74) is 2.83. The minimum absolute atomic E-state index is 0.377. The van der Waals surface area contributed by atoms with Gasteiger partial charge in [0.05, 0.1) is 0 Å². The summed E-state index contributed by atoms with van der Waals surface area (Å²) in [4.78, 5) is 2.42. The molecule has 86 valence electrons. The van der Waals surface area contributed by atoms with Crippen molar-refractivity contribution in [2.75, 3.05) is 31.1 Å². The van der Waals surface area contributed by atoms with Crippen LogP contribution in [0.3, 0.4) is 0 Å². The highest BCUT2D eigenvalue weighted by molar-refractivity contribution is 5.60. The van der Waals surface area contributed by atoms with Crippen LogP contribution in [0, 0.1) is 0 Å². The van der Waals surface area contributed by atoms with Crippen LogP contribution >= 0.6 is 0 Å². The number of rotatable bonds is 3. The van der Waals surface area contributed by atoms with Crippen LogP contribution in [0.4, 0.5) is 5.69 Å². The Bertz CT molecular complexity index is 388. The number of anilines is 1. The van der Waals surface area contributed by atoms with Crippen molar-refractivity contribution in [1.29, 1.82) is 0 Å². The summed E-state index contributed by atoms with van der Waals surface area (Å²) < 4.78 is 5.86. The Labute approximate surface area is 96.4 Å². The largest absolute Gasteiger partial charge is 0.488 e. The van der Waals surface area contributed by atoms with Gasteiger partial charge in [0.25, 0.3) is 0 Å². The number of fused-ring (bicyclic) bond motifs is 1. The molecule has 0 amide bonds. The lowest BCUT2D eigenvalue weighted by atomic mass is 10.1. The molecule has 0 unspecified atom stereocenters. The summed E-state index contributed by atoms with van der Waals surface area (Å²) in [6.07, 6.45) is 1.53. The van der Waals surface area contributed by atoms with Gasteiger partial charge in [0.1, 0.15) is 11.9 Å². The molecule has 2 heterocycles. The van der Waals surface area contributed by atoms with Gasteiger partial charge in [0.2, 0.25) is 0 Å². The van der Waals surface area contributed by atoms with Crippen LogP contribution in [0.15, 0.2) is 18.2 Å². The van der Waals surface area contributed by atoms with Crippen LogP contribution in [0.25, 0.3) is 0 Å². The molecule has 1 saturated heterocycles. The first-order valence-electron chi connectivity index (χ1n) is 6.12. The Hall–Kier alpha value is -1.22. The minimum Gasteiger partial charge on any atom is -0.488 e. The minimum atomic E-state index is 0.377. The van der Waals surface area contributed by atoms with Crippen LogP contribution < -0.4 is 15.0 Å². The number of nitrogens with one attached hydrogen (secondary N) is 1. The zero-order chi connectivity index (χ0) is 11.0. The Morgan fingerprint density at radius 1 is 1.44 bits per heavy atom. The quantitative estimate of drug-likeness (QED) is 0.830. The molecule has 2 aliphatic rings. The first-order valence-corrected chi connectivity index (χ1v) is 6.12. The maximum atomic E-state index is 5.86. The molecule has 0 aliphatic carbocycles. The Kier molecular flexibility index (Phi) is 2.48. The lowest BCUT2D eigenvalue weighted by Crippen LogP contribution is -2.50. The third-order valence-corrected chi connectivity index (χ3v) is 3.47. The molecular weight excluding hydrogens is 200 g/mol. The van der Waals surface area contributed by atoms with Crippen LogP contribution in [-0.4, -0.2) is 32.3 Å². The highest BCUT2D eigenvalue weighted by Crippen LogP contribution is 2.31. The molecule has 1 N–H and O–H groups in total. The van der Waals surface area contributed by atoms with E-state index >= 15 is 0 Å². The summed E-state index contributed by atoms with van der Waals surface area (Å²) in [6.45, 7) is 6.43. The zero-order valence-corrected chi connectivity index (χ0v) is 9.70. The summed E-state index contributed by atoms with van der Waals surface area (Å²) in [5.74, 6) is 1.03. The molecule has 16 heavy (non-hydrogen) atoms. The molecule has 3 rings (SSSR count). The summed E-state index contributed by atoms with van der Waals surface area (Å²) >= 11 is 0. The predicted octanol–water partition coefficient (Wildman–Crippen LogP) is 1.42. The third-order valence-electron chi connectivity index (χ3n) is 3.47. The van der Waals surface area contributed by atoms with Gasteiger partial charge in [-0.15, -0.1) is 0 Å². The molecule has 0 bridgehead atoms. The van der Waals surface area contributed by atoms with Gasteiger partial charge in [0.15, 0.2) is 0 Å². The van der Waals surface area contributed by atoms with Crippen molar-refractivity contribution in [1.82, 2.24) is 5.32 Å². The monoisotopic (exact) mass is 218 g/mol. The second kappa shape index (κ2) is 3.98. The first-order chi connectivity index (χ1) is 7.86. The zero-order valence-electron chi connectivity index (χ0n) is 9.70. The van der Waals surface area contributed by atoms with Crippen molar-refractivity contribution in [3.05, 3.63) is 23.8 Å². The third kappa shape index (κ3) is 1.65. The Morgan fingerprint density at radius 3 is 3.00 bits per heavy atom. The number of ether oxygens (including phenoxy) is 1. The fourth-order valence-corrected chi connectivity index (χ4v) is 2.39. The average molecular weight is 218 g/mol. The standard InChI is InChI=1S/C13H18N2O/c1-2-15-6-5-10-7-11(3-4-13(10)15)16-12-8-14-9-12/h3-4,7,12,14H,2,5-6,8-9H2,1H3. The molecule has 2 aliphatic heterocycles. The van der Waals surface area contributed by atoms with E-state index in [0.29, 0.717) is 6.10 Å². The van der Waals surface area contributed by atoms with E-state index in [9.17, 15) is 0 Å². The molecule has 0 spiro atoms. The predicted molar refractivity (Wildman–Crippen MR) is 65.3 cm³/mol. The Morgan fingerprint density at radius 2 is 2.31 bits per heavy atom. The van der Waals surface area contributed by atoms with Crippen LogP contribution in [-0.2, 0) is 6.42 Å². The number of likely N-dealkylation sites (N-methyl/N-ethyl adjacent to an activating group) is 1. The molecule has 0 aromatic heterocycles. The van der Waals surface area contributed by atoms with Crippen LogP contribution in [0.1, 0.15) is 12.5 Å². The topological polar surface area (TPSA) is 24.5 Å². The average Bonchev–Trinajstić information content (AvgIpc) is 2.65. The van der Waals surface area contributed by atoms with Gasteiger partial charge in [0, 0.05) is 31.9 Å². The molecule has 3 nitrogen and oxygen atoms in total. The van der Waals surface area contributed by atoms with Gasteiger partial charge in [-0.1, -0.05) is 0 Å². The molecular formula is C13H18N2O. The summed E-state index contributed by atoms with van der Waals surface area (Å²) in [7, 11) is 0. The van der Waals surface area contributed by atoms with E-state index in [0.717, 1.165) is 38.3 Å². The summed E-state index contributed by atoms with van der Waals surface area (Å²) in [6, 6.07) is 6.52. The highest BCUT2D eigenvalue weighted by Gasteiger charge is 2.21. The number of hydrogen-bond acceptors (Lipinski definition) is 3. The van der Waals surface area contributed by atoms with E-state index in [-0.39, 0.29) is 0 Å². The van der Waals surface area contributed by atoms with Gasteiger partial charge < -0.3 is 15.0 Å². The van der Waals surface area contributed by atoms with E-state index in [1.807, 2.05) is 0 Å². The van der Waals surface area contributed by atoms with Crippen molar-refractivity contribution >= 4 is 5.69 Å². The lowest BCUT2D eigenvalue weighted by molar-refractivity contribution is 0.142. The SMILES string of the molecule is CCN1CCc2cc(OC3CNC3)ccc21. The number of benzene rings is 1. The highest BCUT2D eigenvalue weighted by atomic mass is 16.5. The second-order valence-corrected chi connectivity index (χ2v) is 4.52. The van der Waals surface area contributed by atoms with Crippen molar-refractivity contribution in [3.63, 3.8) is 0 Å². The molecule has 1 aromatic rings. The van der Waals surface area contributed by atoms with E-state index in [4.69, 9.17) is 4.74 Å². The van der Waals surface area contributed by atoms with Crippen molar-refractivity contribution < 1.29 is 4.74 Å². The maximum Gasteiger partial charge on any atom is 0.123 e.